The van der Waals surface area contributed by atoms with Crippen LogP contribution in [-0.4, -0.2) is 229 Å². The van der Waals surface area contributed by atoms with Gasteiger partial charge in [-0.2, -0.15) is 0 Å². The Morgan fingerprint density at radius 3 is 1.42 bits per heavy atom. The van der Waals surface area contributed by atoms with Crippen LogP contribution in [0.2, 0.25) is 0 Å². The van der Waals surface area contributed by atoms with Gasteiger partial charge >= 0.3 is 0 Å². The number of hydrogen-bond acceptors (Lipinski definition) is 20. The zero-order valence-corrected chi connectivity index (χ0v) is 68.5. The van der Waals surface area contributed by atoms with E-state index >= 15 is 9.59 Å². The van der Waals surface area contributed by atoms with E-state index < -0.39 is 162 Å². The van der Waals surface area contributed by atoms with Crippen LogP contribution in [-0.2, 0) is 80.0 Å². The smallest absolute Gasteiger partial charge is 0.245 e. The summed E-state index contributed by atoms with van der Waals surface area (Å²) in [5, 5.41) is 41.8. The molecule has 0 aromatic heterocycles. The Kier molecular flexibility index (Phi) is 45.7. The van der Waals surface area contributed by atoms with Crippen molar-refractivity contribution in [3.05, 3.63) is 65.7 Å². The van der Waals surface area contributed by atoms with Crippen LogP contribution >= 0.6 is 0 Å². The largest absolute Gasteiger partial charge is 0.508 e. The molecule has 0 bridgehead atoms. The van der Waals surface area contributed by atoms with Gasteiger partial charge in [-0.25, -0.2) is 0 Å². The lowest BCUT2D eigenvalue weighted by atomic mass is 9.96. The molecule has 2 aromatic carbocycles. The molecule has 117 heavy (non-hydrogen) atoms. The highest BCUT2D eigenvalue weighted by Gasteiger charge is 2.42. The number of likely N-dealkylation sites (tertiary alicyclic amines) is 1. The Hall–Kier alpha value is -11.4. The molecule has 0 aliphatic carbocycles. The van der Waals surface area contributed by atoms with E-state index in [9.17, 15) is 62.6 Å². The Morgan fingerprint density at radius 2 is 0.915 bits per heavy atom. The van der Waals surface area contributed by atoms with E-state index in [1.807, 2.05) is 13.8 Å². The lowest BCUT2D eigenvalue weighted by Gasteiger charge is -2.32. The summed E-state index contributed by atoms with van der Waals surface area (Å²) in [6, 6.07) is 0.342. The molecule has 40 heteroatoms. The average Bonchev–Trinajstić information content (AvgIpc) is 1.73. The van der Waals surface area contributed by atoms with Crippen LogP contribution < -0.4 is 115 Å². The summed E-state index contributed by atoms with van der Waals surface area (Å²) in [5.74, 6) is -12.4. The number of hydrogen-bond donors (Lipinski definition) is 22. The summed E-state index contributed by atoms with van der Waals surface area (Å²) in [7, 11) is 0. The third-order valence-corrected chi connectivity index (χ3v) is 19.1. The molecule has 0 saturated carbocycles. The fraction of sp³-hybridized carbons (Fsp3) is 0.623. The van der Waals surface area contributed by atoms with Crippen molar-refractivity contribution in [2.45, 2.75) is 237 Å². The first-order valence-corrected chi connectivity index (χ1v) is 40.0. The number of carbonyl (C=O) groups excluding carboxylic acids is 14. The number of primary amides is 1. The number of nitrogens with one attached hydrogen (secondary N) is 12. The highest BCUT2D eigenvalue weighted by Crippen LogP contribution is 2.23. The van der Waals surface area contributed by atoms with Crippen molar-refractivity contribution in [2.24, 2.45) is 84.3 Å². The molecule has 1 saturated heterocycles. The minimum absolute atomic E-state index is 0.00135. The normalized spacial score (nSPS) is 15.2. The molecule has 31 N–H and O–H groups in total. The average molecular weight is 1650 g/mol. The quantitative estimate of drug-likeness (QED) is 0.0168. The van der Waals surface area contributed by atoms with E-state index in [4.69, 9.17) is 51.6 Å². The Morgan fingerprint density at radius 1 is 0.470 bits per heavy atom. The minimum atomic E-state index is -1.49. The molecular formula is C77H129N25O15. The van der Waals surface area contributed by atoms with Gasteiger partial charge in [0.25, 0.3) is 0 Å². The third-order valence-electron chi connectivity index (χ3n) is 19.1. The van der Waals surface area contributed by atoms with Gasteiger partial charge in [-0.05, 0) is 157 Å². The van der Waals surface area contributed by atoms with E-state index in [0.29, 0.717) is 49.8 Å². The number of aliphatic imine (C=N–C) groups is 3. The van der Waals surface area contributed by atoms with E-state index in [1.54, 1.807) is 70.2 Å². The van der Waals surface area contributed by atoms with Crippen molar-refractivity contribution in [3.8, 4) is 5.75 Å². The first-order chi connectivity index (χ1) is 55.4. The second kappa shape index (κ2) is 53.7. The van der Waals surface area contributed by atoms with Gasteiger partial charge in [0.05, 0.1) is 19.1 Å². The Labute approximate surface area is 683 Å². The zero-order valence-electron chi connectivity index (χ0n) is 68.5. The molecule has 1 aliphatic rings. The van der Waals surface area contributed by atoms with Crippen molar-refractivity contribution < 1.29 is 72.2 Å². The predicted octanol–water partition coefficient (Wildman–Crippen LogP) is -4.69. The second-order valence-corrected chi connectivity index (χ2v) is 30.0. The molecule has 0 radical (unpaired) electrons. The lowest BCUT2D eigenvalue weighted by molar-refractivity contribution is -0.143. The van der Waals surface area contributed by atoms with Gasteiger partial charge in [0.1, 0.15) is 66.2 Å². The number of amides is 14. The highest BCUT2D eigenvalue weighted by atomic mass is 16.3. The Balaban J connectivity index is 1.99. The summed E-state index contributed by atoms with van der Waals surface area (Å²) in [5.41, 5.74) is 52.6. The number of carbonyl (C=O) groups is 14. The van der Waals surface area contributed by atoms with Crippen molar-refractivity contribution >= 4 is 101 Å². The first-order valence-electron chi connectivity index (χ1n) is 40.0. The fourth-order valence-electron chi connectivity index (χ4n) is 12.7. The van der Waals surface area contributed by atoms with Crippen LogP contribution in [0.3, 0.4) is 0 Å². The number of benzene rings is 2. The van der Waals surface area contributed by atoms with E-state index in [-0.39, 0.29) is 164 Å². The van der Waals surface area contributed by atoms with Gasteiger partial charge in [0.2, 0.25) is 82.7 Å². The summed E-state index contributed by atoms with van der Waals surface area (Å²) in [6.45, 7) is 11.3. The van der Waals surface area contributed by atoms with Crippen LogP contribution in [0.4, 0.5) is 0 Å². The number of nitrogens with zero attached hydrogens (tertiary/aromatic N) is 4. The van der Waals surface area contributed by atoms with Crippen LogP contribution in [0.5, 0.6) is 5.75 Å². The van der Waals surface area contributed by atoms with Gasteiger partial charge < -0.3 is 125 Å². The molecule has 0 spiro atoms. The molecule has 652 valence electrons. The number of phenolic OH excluding ortho intramolecular Hbond substituents is 1. The van der Waals surface area contributed by atoms with Gasteiger partial charge in [-0.1, -0.05) is 90.4 Å². The molecule has 1 fully saturated rings. The number of guanidine groups is 3. The third kappa shape index (κ3) is 39.6. The van der Waals surface area contributed by atoms with Gasteiger partial charge in [0.15, 0.2) is 17.9 Å². The minimum Gasteiger partial charge on any atom is -0.508 e. The molecular weight excluding hydrogens is 1520 g/mol. The number of unbranched alkanes of at least 4 members (excludes halogenated alkanes) is 2. The molecule has 40 nitrogen and oxygen atoms in total. The molecule has 1 aliphatic heterocycles. The molecule has 1 unspecified atom stereocenters. The highest BCUT2D eigenvalue weighted by molar-refractivity contribution is 6.00. The van der Waals surface area contributed by atoms with Crippen LogP contribution in [0.1, 0.15) is 169 Å². The summed E-state index contributed by atoms with van der Waals surface area (Å²) >= 11 is 0. The van der Waals surface area contributed by atoms with Gasteiger partial charge in [0, 0.05) is 46.1 Å². The maximum Gasteiger partial charge on any atom is 0.245 e. The Bertz CT molecular complexity index is 3650. The number of aromatic hydroxyl groups is 1. The lowest BCUT2D eigenvalue weighted by Crippen LogP contribution is -2.61. The molecule has 3 rings (SSSR count). The topological polar surface area (TPSA) is 678 Å². The standard InChI is InChI=1S/C77H129N25O15/c1-8-46(6)63(73(116)98-56(26-18-36-90-77(85)86)74(117)102-37-19-27-60(102)72(115)97-53(23-13-15-33-87-47(7)103)67(110)99-57(38-44(2)3)69(112)94-52(64(80)107)22-12-14-32-78)101-68(111)55(25-17-35-89-76(83)84)95-66(109)54(24-16-34-88-75(81)82)96-70(113)58(39-45(4)5)100-71(114)59(41-48-20-10-9-11-21-48)93-62(106)43-91-61(105)42-92-65(108)51(79)40-49-28-30-50(104)31-29-49/h9-11,20-21,28-31,44-46,51-60,63,104H,8,12-19,22-27,32-43,78-79H2,1-7H3,(H2,80,107)(H,87,103)(H,91,105)(H,92,108)(H,93,106)(H,94,112)(H,95,109)(H,96,113)(H,97,115)(H,98,116)(H,99,110)(H,100,114)(H,101,111)(H4,81,82,88)(H4,83,84,89)(H4,85,86,90)/t46?,51-,52-,53-,54-,55-,56-,57-,58-,59-,60-,63-/m0/s1. The van der Waals surface area contributed by atoms with E-state index in [2.05, 4.69) is 78.8 Å². The molecule has 12 atom stereocenters. The summed E-state index contributed by atoms with van der Waals surface area (Å²) in [4.78, 5) is 209. The molecule has 2 aromatic rings. The maximum absolute atomic E-state index is 15.1. The molecule has 14 amide bonds. The van der Waals surface area contributed by atoms with E-state index in [0.717, 1.165) is 0 Å². The zero-order chi connectivity index (χ0) is 87.3. The van der Waals surface area contributed by atoms with Gasteiger partial charge in [-0.3, -0.25) is 82.1 Å². The van der Waals surface area contributed by atoms with Crippen LogP contribution in [0.15, 0.2) is 69.6 Å². The predicted molar refractivity (Wildman–Crippen MR) is 441 cm³/mol. The van der Waals surface area contributed by atoms with Crippen LogP contribution in [0.25, 0.3) is 0 Å². The summed E-state index contributed by atoms with van der Waals surface area (Å²) < 4.78 is 0. The maximum atomic E-state index is 15.1. The second-order valence-electron chi connectivity index (χ2n) is 30.0. The van der Waals surface area contributed by atoms with E-state index in [1.165, 1.54) is 24.0 Å². The van der Waals surface area contributed by atoms with Crippen molar-refractivity contribution in [1.29, 1.82) is 0 Å². The monoisotopic (exact) mass is 1640 g/mol. The molecule has 1 heterocycles. The number of nitrogens with two attached hydrogens (primary N) is 9. The first kappa shape index (κ1) is 99.7. The fourth-order valence-corrected chi connectivity index (χ4v) is 12.7. The SMILES string of the molecule is CCC(C)[C@H](NC(=O)[C@H](CCCN=C(N)N)NC(=O)[C@H](CCCN=C(N)N)NC(=O)[C@H](CC(C)C)NC(=O)[C@H](Cc1ccccc1)NC(=O)CNC(=O)CNC(=O)[C@@H](N)Cc1ccc(O)cc1)C(=O)N[C@@H](CCCN=C(N)N)C(=O)N1CCC[C@H]1C(=O)N[C@@H](CCCCNC(C)=O)C(=O)N[C@@H](CC(C)C)C(=O)N[C@@H](CCCCN)C(N)=O. The number of phenols is 1. The van der Waals surface area contributed by atoms with Crippen molar-refractivity contribution in [1.82, 2.24) is 68.7 Å². The van der Waals surface area contributed by atoms with Crippen molar-refractivity contribution in [3.63, 3.8) is 0 Å². The summed E-state index contributed by atoms with van der Waals surface area (Å²) in [6.07, 6.45) is 2.63. The number of rotatable bonds is 55. The van der Waals surface area contributed by atoms with Crippen LogP contribution in [0, 0.1) is 17.8 Å². The van der Waals surface area contributed by atoms with Crippen molar-refractivity contribution in [2.75, 3.05) is 52.4 Å². The van der Waals surface area contributed by atoms with Gasteiger partial charge in [-0.15, -0.1) is 0 Å².